The van der Waals surface area contributed by atoms with Crippen LogP contribution in [-0.4, -0.2) is 27.5 Å². The van der Waals surface area contributed by atoms with Gasteiger partial charge >= 0.3 is 0 Å². The molecule has 0 spiro atoms. The predicted octanol–water partition coefficient (Wildman–Crippen LogP) is 2.76. The Kier molecular flexibility index (Phi) is 7.39. The minimum atomic E-state index is -1.49. The topological polar surface area (TPSA) is 35.5 Å². The highest BCUT2D eigenvalue weighted by Crippen LogP contribution is 2.18. The van der Waals surface area contributed by atoms with Gasteiger partial charge in [-0.3, -0.25) is 0 Å². The molecule has 3 nitrogen and oxygen atoms in total. The molecule has 0 radical (unpaired) electrons. The molecule has 0 aromatic rings. The summed E-state index contributed by atoms with van der Waals surface area (Å²) >= 11 is 0. The monoisotopic (exact) mass is 230 g/mol. The quantitative estimate of drug-likeness (QED) is 0.278. The van der Waals surface area contributed by atoms with Crippen LogP contribution in [0.25, 0.3) is 0 Å². The zero-order valence-corrected chi connectivity index (χ0v) is 11.3. The van der Waals surface area contributed by atoms with Crippen molar-refractivity contribution in [3.8, 4) is 0 Å². The minimum Gasteiger partial charge on any atom is -0.487 e. The summed E-state index contributed by atoms with van der Waals surface area (Å²) in [5.74, 6) is 2.07. The Morgan fingerprint density at radius 3 is 2.53 bits per heavy atom. The molecule has 0 fully saturated rings. The fourth-order valence-corrected chi connectivity index (χ4v) is 3.69. The van der Waals surface area contributed by atoms with Gasteiger partial charge in [0.1, 0.15) is 0 Å². The van der Waals surface area contributed by atoms with Crippen molar-refractivity contribution in [2.75, 3.05) is 13.2 Å². The van der Waals surface area contributed by atoms with Crippen LogP contribution in [0.15, 0.2) is 5.76 Å². The number of allylic oxidation sites excluding steroid dienone is 1. The van der Waals surface area contributed by atoms with E-state index in [-0.39, 0.29) is 0 Å². The van der Waals surface area contributed by atoms with Crippen LogP contribution < -0.4 is 0 Å². The van der Waals surface area contributed by atoms with Gasteiger partial charge < -0.3 is 9.16 Å². The van der Waals surface area contributed by atoms with E-state index in [0.29, 0.717) is 12.4 Å². The van der Waals surface area contributed by atoms with E-state index in [1.54, 1.807) is 12.9 Å². The zero-order valence-electron chi connectivity index (χ0n) is 10.3. The lowest BCUT2D eigenvalue weighted by molar-refractivity contribution is 0.214. The Bertz CT molecular complexity index is 224. The first-order valence-electron chi connectivity index (χ1n) is 5.56. The average Bonchev–Trinajstić information content (AvgIpc) is 2.24. The van der Waals surface area contributed by atoms with E-state index in [2.05, 4.69) is 13.5 Å². The van der Waals surface area contributed by atoms with Crippen molar-refractivity contribution in [1.29, 1.82) is 0 Å². The van der Waals surface area contributed by atoms with E-state index in [4.69, 9.17) is 9.16 Å². The van der Waals surface area contributed by atoms with Crippen LogP contribution in [0.2, 0.25) is 18.6 Å². The van der Waals surface area contributed by atoms with Crippen LogP contribution in [0.4, 0.5) is 0 Å². The summed E-state index contributed by atoms with van der Waals surface area (Å²) in [5, 5.41) is 0. The molecule has 15 heavy (non-hydrogen) atoms. The number of rotatable bonds is 8. The Hall–Kier alpha value is -0.573. The first-order valence-corrected chi connectivity index (χ1v) is 8.38. The molecule has 0 aliphatic heterocycles. The molecule has 0 aromatic carbocycles. The van der Waals surface area contributed by atoms with Crippen LogP contribution in [0.5, 0.6) is 0 Å². The van der Waals surface area contributed by atoms with Crippen molar-refractivity contribution >= 4 is 14.3 Å². The second-order valence-electron chi connectivity index (χ2n) is 3.85. The van der Waals surface area contributed by atoms with Gasteiger partial charge in [-0.15, -0.1) is 0 Å². The van der Waals surface area contributed by atoms with Crippen LogP contribution in [0, 0.1) is 0 Å². The van der Waals surface area contributed by atoms with Gasteiger partial charge in [-0.05, 0) is 32.0 Å². The molecule has 88 valence electrons. The molecular weight excluding hydrogens is 208 g/mol. The molecule has 0 saturated heterocycles. The Balaban J connectivity index is 3.77. The third-order valence-corrected chi connectivity index (χ3v) is 6.45. The molecule has 4 heteroatoms. The molecule has 0 aliphatic carbocycles. The van der Waals surface area contributed by atoms with Crippen molar-refractivity contribution in [3.63, 3.8) is 0 Å². The molecule has 0 aliphatic rings. The predicted molar refractivity (Wildman–Crippen MR) is 64.0 cm³/mol. The fourth-order valence-electron chi connectivity index (χ4n) is 1.40. The summed E-state index contributed by atoms with van der Waals surface area (Å²) in [6.45, 7) is 9.49. The van der Waals surface area contributed by atoms with E-state index in [1.807, 2.05) is 6.92 Å². The second kappa shape index (κ2) is 7.68. The Morgan fingerprint density at radius 1 is 1.40 bits per heavy atom. The van der Waals surface area contributed by atoms with Gasteiger partial charge in [-0.2, -0.15) is 0 Å². The molecule has 0 saturated carbocycles. The third kappa shape index (κ3) is 6.50. The standard InChI is InChI=1S/C11H22O3Si/c1-5-14-15(4,6-2)9-7-8-13-11(3)10-12/h5-9H2,1-4H3. The van der Waals surface area contributed by atoms with Crippen LogP contribution >= 0.6 is 0 Å². The first kappa shape index (κ1) is 14.4. The molecule has 0 aromatic heterocycles. The lowest BCUT2D eigenvalue weighted by Gasteiger charge is -2.25. The van der Waals surface area contributed by atoms with E-state index in [1.165, 1.54) is 0 Å². The van der Waals surface area contributed by atoms with Crippen LogP contribution in [0.3, 0.4) is 0 Å². The lowest BCUT2D eigenvalue weighted by Crippen LogP contribution is -2.33. The second-order valence-corrected chi connectivity index (χ2v) is 8.24. The van der Waals surface area contributed by atoms with Gasteiger partial charge in [-0.25, -0.2) is 4.79 Å². The zero-order chi connectivity index (χ0) is 11.7. The Morgan fingerprint density at radius 2 is 2.07 bits per heavy atom. The highest BCUT2D eigenvalue weighted by atomic mass is 28.4. The van der Waals surface area contributed by atoms with Gasteiger partial charge in [0.15, 0.2) is 20.0 Å². The summed E-state index contributed by atoms with van der Waals surface area (Å²) < 4.78 is 11.0. The number of hydrogen-bond donors (Lipinski definition) is 0. The minimum absolute atomic E-state index is 0.339. The molecule has 0 rings (SSSR count). The van der Waals surface area contributed by atoms with Gasteiger partial charge in [0.05, 0.1) is 6.61 Å². The summed E-state index contributed by atoms with van der Waals surface area (Å²) in [6, 6.07) is 2.22. The largest absolute Gasteiger partial charge is 0.487 e. The van der Waals surface area contributed by atoms with E-state index in [0.717, 1.165) is 25.1 Å². The van der Waals surface area contributed by atoms with Crippen molar-refractivity contribution < 1.29 is 14.0 Å². The smallest absolute Gasteiger partial charge is 0.189 e. The van der Waals surface area contributed by atoms with Gasteiger partial charge in [0.25, 0.3) is 0 Å². The molecule has 1 unspecified atom stereocenters. The van der Waals surface area contributed by atoms with Crippen molar-refractivity contribution in [3.05, 3.63) is 5.76 Å². The van der Waals surface area contributed by atoms with Gasteiger partial charge in [0.2, 0.25) is 0 Å². The molecule has 0 bridgehead atoms. The van der Waals surface area contributed by atoms with Gasteiger partial charge in [0, 0.05) is 13.5 Å². The van der Waals surface area contributed by atoms with E-state index < -0.39 is 8.32 Å². The third-order valence-electron chi connectivity index (χ3n) is 2.55. The first-order chi connectivity index (χ1) is 7.08. The maximum atomic E-state index is 10.2. The highest BCUT2D eigenvalue weighted by molar-refractivity contribution is 6.72. The normalized spacial score (nSPS) is 14.1. The average molecular weight is 230 g/mol. The van der Waals surface area contributed by atoms with Crippen molar-refractivity contribution in [1.82, 2.24) is 0 Å². The van der Waals surface area contributed by atoms with E-state index >= 15 is 0 Å². The van der Waals surface area contributed by atoms with Crippen LogP contribution in [-0.2, 0) is 14.0 Å². The van der Waals surface area contributed by atoms with Crippen LogP contribution in [0.1, 0.15) is 27.2 Å². The SMILES string of the molecule is CCO[Si](C)(CC)CCCOC(C)=C=O. The summed E-state index contributed by atoms with van der Waals surface area (Å²) in [4.78, 5) is 10.2. The molecule has 0 heterocycles. The maximum Gasteiger partial charge on any atom is 0.189 e. The highest BCUT2D eigenvalue weighted by Gasteiger charge is 2.25. The number of ether oxygens (including phenoxy) is 1. The van der Waals surface area contributed by atoms with Crippen molar-refractivity contribution in [2.24, 2.45) is 0 Å². The molecule has 1 atom stereocenters. The molecule has 0 N–H and O–H groups in total. The molecule has 0 amide bonds. The number of carbonyl (C=O) groups excluding carboxylic acids is 1. The summed E-state index contributed by atoms with van der Waals surface area (Å²) in [5.41, 5.74) is 0. The summed E-state index contributed by atoms with van der Waals surface area (Å²) in [6.07, 6.45) is 0.954. The maximum absolute atomic E-state index is 10.2. The summed E-state index contributed by atoms with van der Waals surface area (Å²) in [7, 11) is -1.49. The van der Waals surface area contributed by atoms with Crippen molar-refractivity contribution in [2.45, 2.75) is 45.8 Å². The fraction of sp³-hybridized carbons (Fsp3) is 0.818. The molecular formula is C11H22O3Si. The number of hydrogen-bond acceptors (Lipinski definition) is 3. The van der Waals surface area contributed by atoms with Gasteiger partial charge in [-0.1, -0.05) is 6.92 Å². The lowest BCUT2D eigenvalue weighted by atomic mass is 10.5. The Labute approximate surface area is 93.6 Å². The van der Waals surface area contributed by atoms with E-state index in [9.17, 15) is 4.79 Å².